The Kier molecular flexibility index (Phi) is 6.88. The van der Waals surface area contributed by atoms with Crippen molar-refractivity contribution < 1.29 is 14.3 Å². The molecule has 0 radical (unpaired) electrons. The second-order valence-electron chi connectivity index (χ2n) is 7.13. The van der Waals surface area contributed by atoms with E-state index in [-0.39, 0.29) is 19.3 Å². The number of imidazole rings is 1. The summed E-state index contributed by atoms with van der Waals surface area (Å²) in [5, 5.41) is 0. The molecule has 0 aliphatic rings. The summed E-state index contributed by atoms with van der Waals surface area (Å²) in [5.74, 6) is 0.269. The molecule has 0 aliphatic carbocycles. The molecule has 156 valence electrons. The molecule has 0 saturated carbocycles. The van der Waals surface area contributed by atoms with Crippen LogP contribution in [0.15, 0.2) is 103 Å². The Labute approximate surface area is 181 Å². The number of rotatable bonds is 9. The van der Waals surface area contributed by atoms with Gasteiger partial charge in [0.05, 0.1) is 0 Å². The average molecular weight is 412 g/mol. The quantitative estimate of drug-likeness (QED) is 0.371. The van der Waals surface area contributed by atoms with Gasteiger partial charge >= 0.3 is 5.97 Å². The Morgan fingerprint density at radius 3 is 2.03 bits per heavy atom. The Bertz CT molecular complexity index is 1040. The van der Waals surface area contributed by atoms with Gasteiger partial charge in [0.25, 0.3) is 0 Å². The zero-order valence-corrected chi connectivity index (χ0v) is 17.1. The van der Waals surface area contributed by atoms with E-state index in [1.165, 1.54) is 0 Å². The van der Waals surface area contributed by atoms with Crippen molar-refractivity contribution in [1.82, 2.24) is 9.55 Å². The normalized spacial score (nSPS) is 10.9. The molecule has 1 heterocycles. The number of nitrogens with zero attached hydrogens (tertiary/aromatic N) is 2. The van der Waals surface area contributed by atoms with Crippen LogP contribution in [0.25, 0.3) is 0 Å². The van der Waals surface area contributed by atoms with Crippen LogP contribution in [0, 0.1) is 0 Å². The fourth-order valence-corrected chi connectivity index (χ4v) is 3.38. The van der Waals surface area contributed by atoms with E-state index in [4.69, 9.17) is 9.47 Å². The van der Waals surface area contributed by atoms with Gasteiger partial charge < -0.3 is 14.0 Å². The topological polar surface area (TPSA) is 53.4 Å². The summed E-state index contributed by atoms with van der Waals surface area (Å²) in [6.45, 7) is 0.630. The second kappa shape index (κ2) is 10.4. The Hall–Kier alpha value is -3.70. The van der Waals surface area contributed by atoms with Crippen molar-refractivity contribution in [2.24, 2.45) is 0 Å². The fourth-order valence-electron chi connectivity index (χ4n) is 3.38. The highest BCUT2D eigenvalue weighted by molar-refractivity contribution is 5.70. The molecule has 31 heavy (non-hydrogen) atoms. The molecule has 0 aliphatic heterocycles. The zero-order valence-electron chi connectivity index (χ0n) is 17.1. The van der Waals surface area contributed by atoms with Gasteiger partial charge in [-0.1, -0.05) is 91.0 Å². The van der Waals surface area contributed by atoms with Gasteiger partial charge in [0.1, 0.15) is 25.1 Å². The summed E-state index contributed by atoms with van der Waals surface area (Å²) in [6.07, 6.45) is 3.26. The Balaban J connectivity index is 1.35. The van der Waals surface area contributed by atoms with Crippen LogP contribution in [0.4, 0.5) is 0 Å². The van der Waals surface area contributed by atoms with Gasteiger partial charge in [0.2, 0.25) is 0 Å². The summed E-state index contributed by atoms with van der Waals surface area (Å²) >= 11 is 0. The van der Waals surface area contributed by atoms with Crippen molar-refractivity contribution in [3.63, 3.8) is 0 Å². The zero-order chi connectivity index (χ0) is 21.3. The van der Waals surface area contributed by atoms with E-state index < -0.39 is 5.97 Å². The molecular weight excluding hydrogens is 388 g/mol. The standard InChI is InChI=1S/C26H24N2O3/c29-25(30-19-24-27-16-17-28(24)18-21-10-4-1-5-11-21)20-31-26(22-12-6-2-7-13-22)23-14-8-3-9-15-23/h1-17,26H,18-20H2. The first-order valence-corrected chi connectivity index (χ1v) is 10.2. The third-order valence-electron chi connectivity index (χ3n) is 4.93. The predicted molar refractivity (Wildman–Crippen MR) is 118 cm³/mol. The second-order valence-corrected chi connectivity index (χ2v) is 7.13. The molecular formula is C26H24N2O3. The third-order valence-corrected chi connectivity index (χ3v) is 4.93. The lowest BCUT2D eigenvalue weighted by atomic mass is 10.0. The van der Waals surface area contributed by atoms with E-state index in [2.05, 4.69) is 17.1 Å². The minimum Gasteiger partial charge on any atom is -0.456 e. The number of esters is 1. The van der Waals surface area contributed by atoms with Gasteiger partial charge in [0.15, 0.2) is 0 Å². The highest BCUT2D eigenvalue weighted by Crippen LogP contribution is 2.25. The van der Waals surface area contributed by atoms with Crippen molar-refractivity contribution in [3.8, 4) is 0 Å². The number of hydrogen-bond donors (Lipinski definition) is 0. The van der Waals surface area contributed by atoms with E-state index in [0.29, 0.717) is 12.4 Å². The SMILES string of the molecule is O=C(COC(c1ccccc1)c1ccccc1)OCc1nccn1Cc1ccccc1. The van der Waals surface area contributed by atoms with Crippen LogP contribution in [-0.4, -0.2) is 22.1 Å². The van der Waals surface area contributed by atoms with Crippen molar-refractivity contribution >= 4 is 5.97 Å². The minimum absolute atomic E-state index is 0.101. The molecule has 0 unspecified atom stereocenters. The number of hydrogen-bond acceptors (Lipinski definition) is 4. The Morgan fingerprint density at radius 2 is 1.42 bits per heavy atom. The van der Waals surface area contributed by atoms with Crippen LogP contribution in [0.3, 0.4) is 0 Å². The lowest BCUT2D eigenvalue weighted by Gasteiger charge is -2.18. The lowest BCUT2D eigenvalue weighted by Crippen LogP contribution is -2.17. The monoisotopic (exact) mass is 412 g/mol. The Morgan fingerprint density at radius 1 is 0.839 bits per heavy atom. The van der Waals surface area contributed by atoms with E-state index in [0.717, 1.165) is 16.7 Å². The van der Waals surface area contributed by atoms with Crippen molar-refractivity contribution in [2.45, 2.75) is 19.3 Å². The van der Waals surface area contributed by atoms with Crippen LogP contribution < -0.4 is 0 Å². The predicted octanol–water partition coefficient (Wildman–Crippen LogP) is 4.78. The third kappa shape index (κ3) is 5.68. The highest BCUT2D eigenvalue weighted by Gasteiger charge is 2.17. The number of aromatic nitrogens is 2. The van der Waals surface area contributed by atoms with Gasteiger partial charge in [-0.05, 0) is 16.7 Å². The number of carbonyl (C=O) groups is 1. The average Bonchev–Trinajstić information content (AvgIpc) is 3.27. The molecule has 0 amide bonds. The molecule has 0 fully saturated rings. The van der Waals surface area contributed by atoms with Crippen LogP contribution in [0.5, 0.6) is 0 Å². The maximum atomic E-state index is 12.4. The van der Waals surface area contributed by atoms with E-state index in [1.807, 2.05) is 89.6 Å². The summed E-state index contributed by atoms with van der Waals surface area (Å²) in [7, 11) is 0. The largest absolute Gasteiger partial charge is 0.456 e. The van der Waals surface area contributed by atoms with Crippen LogP contribution in [0.1, 0.15) is 28.6 Å². The van der Waals surface area contributed by atoms with E-state index in [9.17, 15) is 4.79 Å². The first kappa shape index (κ1) is 20.6. The molecule has 0 saturated heterocycles. The summed E-state index contributed by atoms with van der Waals surface area (Å²) in [5.41, 5.74) is 3.13. The molecule has 4 aromatic rings. The number of ether oxygens (including phenoxy) is 2. The molecule has 0 bridgehead atoms. The highest BCUT2D eigenvalue weighted by atomic mass is 16.6. The summed E-state index contributed by atoms with van der Waals surface area (Å²) < 4.78 is 13.4. The van der Waals surface area contributed by atoms with Crippen molar-refractivity contribution in [2.75, 3.05) is 6.61 Å². The maximum absolute atomic E-state index is 12.4. The molecule has 0 atom stereocenters. The summed E-state index contributed by atoms with van der Waals surface area (Å²) in [6, 6.07) is 29.8. The minimum atomic E-state index is -0.425. The first-order valence-electron chi connectivity index (χ1n) is 10.2. The van der Waals surface area contributed by atoms with Crippen LogP contribution in [-0.2, 0) is 27.4 Å². The molecule has 5 heteroatoms. The number of carbonyl (C=O) groups excluding carboxylic acids is 1. The van der Waals surface area contributed by atoms with E-state index >= 15 is 0 Å². The van der Waals surface area contributed by atoms with Gasteiger partial charge in [-0.15, -0.1) is 0 Å². The van der Waals surface area contributed by atoms with Crippen molar-refractivity contribution in [3.05, 3.63) is 126 Å². The smallest absolute Gasteiger partial charge is 0.332 e. The van der Waals surface area contributed by atoms with Gasteiger partial charge in [-0.3, -0.25) is 0 Å². The maximum Gasteiger partial charge on any atom is 0.332 e. The van der Waals surface area contributed by atoms with Crippen LogP contribution >= 0.6 is 0 Å². The van der Waals surface area contributed by atoms with Gasteiger partial charge in [-0.25, -0.2) is 9.78 Å². The lowest BCUT2D eigenvalue weighted by molar-refractivity contribution is -0.152. The molecule has 0 N–H and O–H groups in total. The number of benzene rings is 3. The molecule has 4 rings (SSSR count). The molecule has 0 spiro atoms. The van der Waals surface area contributed by atoms with E-state index in [1.54, 1.807) is 6.20 Å². The van der Waals surface area contributed by atoms with Crippen molar-refractivity contribution in [1.29, 1.82) is 0 Å². The molecule has 5 nitrogen and oxygen atoms in total. The van der Waals surface area contributed by atoms with Gasteiger partial charge in [0, 0.05) is 18.9 Å². The molecule has 3 aromatic carbocycles. The van der Waals surface area contributed by atoms with Gasteiger partial charge in [-0.2, -0.15) is 0 Å². The fraction of sp³-hybridized carbons (Fsp3) is 0.154. The summed E-state index contributed by atoms with van der Waals surface area (Å²) in [4.78, 5) is 16.7. The van der Waals surface area contributed by atoms with Crippen LogP contribution in [0.2, 0.25) is 0 Å². The molecule has 1 aromatic heterocycles. The first-order chi connectivity index (χ1) is 15.3.